The molecule has 1 amide bonds. The molecule has 0 atom stereocenters. The van der Waals surface area contributed by atoms with E-state index in [1.165, 1.54) is 12.5 Å². The monoisotopic (exact) mass is 372 g/mol. The molecule has 138 valence electrons. The zero-order valence-corrected chi connectivity index (χ0v) is 14.9. The van der Waals surface area contributed by atoms with Gasteiger partial charge in [0.2, 0.25) is 0 Å². The van der Waals surface area contributed by atoms with Crippen LogP contribution in [0.4, 0.5) is 0 Å². The highest BCUT2D eigenvalue weighted by Crippen LogP contribution is 2.34. The second-order valence-corrected chi connectivity index (χ2v) is 6.73. The number of nitrogens with one attached hydrogen (secondary N) is 1. The van der Waals surface area contributed by atoms with Crippen LogP contribution in [-0.4, -0.2) is 32.5 Å². The van der Waals surface area contributed by atoms with E-state index in [0.29, 0.717) is 19.5 Å². The second-order valence-electron chi connectivity index (χ2n) is 6.73. The van der Waals surface area contributed by atoms with Gasteiger partial charge in [0, 0.05) is 30.3 Å². The van der Waals surface area contributed by atoms with Crippen LogP contribution in [0.2, 0.25) is 0 Å². The summed E-state index contributed by atoms with van der Waals surface area (Å²) in [5.41, 5.74) is 2.19. The third kappa shape index (κ3) is 2.60. The van der Waals surface area contributed by atoms with Crippen molar-refractivity contribution in [1.29, 1.82) is 0 Å². The van der Waals surface area contributed by atoms with Crippen LogP contribution < -0.4 is 5.56 Å². The standard InChI is InChI=1S/C21H16N4O3/c26-20-16(10-22-12-23-20)21(27)25-9-8-18-17(11-25)19(24-28-18)15-7-3-5-13-4-1-2-6-14(13)15/h1-7,10,12H,8-9,11H2,(H,22,23,26). The molecule has 3 heterocycles. The molecule has 0 saturated carbocycles. The van der Waals surface area contributed by atoms with E-state index < -0.39 is 5.56 Å². The quantitative estimate of drug-likeness (QED) is 0.584. The van der Waals surface area contributed by atoms with Crippen LogP contribution in [0.5, 0.6) is 0 Å². The lowest BCUT2D eigenvalue weighted by molar-refractivity contribution is 0.0727. The maximum absolute atomic E-state index is 12.8. The highest BCUT2D eigenvalue weighted by Gasteiger charge is 2.29. The lowest BCUT2D eigenvalue weighted by Crippen LogP contribution is -2.38. The van der Waals surface area contributed by atoms with Crippen molar-refractivity contribution in [1.82, 2.24) is 20.0 Å². The van der Waals surface area contributed by atoms with Crippen molar-refractivity contribution in [2.75, 3.05) is 6.54 Å². The Balaban J connectivity index is 1.55. The van der Waals surface area contributed by atoms with Crippen molar-refractivity contribution < 1.29 is 9.32 Å². The van der Waals surface area contributed by atoms with Crippen LogP contribution >= 0.6 is 0 Å². The van der Waals surface area contributed by atoms with Gasteiger partial charge >= 0.3 is 0 Å². The molecular formula is C21H16N4O3. The smallest absolute Gasteiger partial charge is 0.263 e. The number of H-pyrrole nitrogens is 1. The van der Waals surface area contributed by atoms with E-state index in [0.717, 1.165) is 33.4 Å². The Labute approximate surface area is 159 Å². The maximum atomic E-state index is 12.8. The van der Waals surface area contributed by atoms with Crippen molar-refractivity contribution in [3.05, 3.63) is 82.2 Å². The number of aromatic nitrogens is 3. The Bertz CT molecular complexity index is 1250. The minimum absolute atomic E-state index is 0.0362. The number of aromatic amines is 1. The number of benzene rings is 2. The van der Waals surface area contributed by atoms with Crippen LogP contribution in [0.1, 0.15) is 21.7 Å². The average Bonchev–Trinajstić information content (AvgIpc) is 3.16. The van der Waals surface area contributed by atoms with Crippen molar-refractivity contribution in [2.45, 2.75) is 13.0 Å². The molecule has 7 heteroatoms. The Morgan fingerprint density at radius 3 is 2.89 bits per heavy atom. The number of amides is 1. The van der Waals surface area contributed by atoms with Gasteiger partial charge < -0.3 is 14.4 Å². The largest absolute Gasteiger partial charge is 0.360 e. The zero-order valence-electron chi connectivity index (χ0n) is 14.9. The van der Waals surface area contributed by atoms with Crippen molar-refractivity contribution >= 4 is 16.7 Å². The molecule has 2 aromatic carbocycles. The molecule has 0 bridgehead atoms. The van der Waals surface area contributed by atoms with Gasteiger partial charge in [-0.3, -0.25) is 9.59 Å². The summed E-state index contributed by atoms with van der Waals surface area (Å²) < 4.78 is 5.58. The van der Waals surface area contributed by atoms with Gasteiger partial charge in [-0.2, -0.15) is 0 Å². The van der Waals surface area contributed by atoms with Gasteiger partial charge in [-0.25, -0.2) is 4.98 Å². The first-order valence-corrected chi connectivity index (χ1v) is 9.00. The molecule has 0 unspecified atom stereocenters. The van der Waals surface area contributed by atoms with Crippen molar-refractivity contribution in [3.8, 4) is 11.3 Å². The fourth-order valence-electron chi connectivity index (χ4n) is 3.69. The summed E-state index contributed by atoms with van der Waals surface area (Å²) in [6, 6.07) is 14.1. The lowest BCUT2D eigenvalue weighted by Gasteiger charge is -2.26. The maximum Gasteiger partial charge on any atom is 0.263 e. The molecular weight excluding hydrogens is 356 g/mol. The second kappa shape index (κ2) is 6.45. The summed E-state index contributed by atoms with van der Waals surface area (Å²) in [6.45, 7) is 0.800. The lowest BCUT2D eigenvalue weighted by atomic mass is 9.97. The first-order chi connectivity index (χ1) is 13.7. The Morgan fingerprint density at radius 1 is 1.14 bits per heavy atom. The molecule has 28 heavy (non-hydrogen) atoms. The molecule has 1 N–H and O–H groups in total. The van der Waals surface area contributed by atoms with Crippen LogP contribution in [0, 0.1) is 0 Å². The number of nitrogens with zero attached hydrogens (tertiary/aromatic N) is 3. The van der Waals surface area contributed by atoms with Crippen LogP contribution in [0.25, 0.3) is 22.0 Å². The fourth-order valence-corrected chi connectivity index (χ4v) is 3.69. The number of carbonyl (C=O) groups is 1. The summed E-state index contributed by atoms with van der Waals surface area (Å²) in [6.07, 6.45) is 3.12. The van der Waals surface area contributed by atoms with Crippen LogP contribution in [0.3, 0.4) is 0 Å². The van der Waals surface area contributed by atoms with E-state index in [1.807, 2.05) is 30.3 Å². The molecule has 5 rings (SSSR count). The normalized spacial score (nSPS) is 13.5. The minimum atomic E-state index is -0.439. The predicted octanol–water partition coefficient (Wildman–Crippen LogP) is 2.78. The minimum Gasteiger partial charge on any atom is -0.360 e. The van der Waals surface area contributed by atoms with E-state index >= 15 is 0 Å². The van der Waals surface area contributed by atoms with Crippen molar-refractivity contribution in [3.63, 3.8) is 0 Å². The first-order valence-electron chi connectivity index (χ1n) is 9.00. The summed E-state index contributed by atoms with van der Waals surface area (Å²) in [5, 5.41) is 6.50. The van der Waals surface area contributed by atoms with Gasteiger partial charge in [0.05, 0.1) is 12.9 Å². The third-order valence-corrected chi connectivity index (χ3v) is 5.11. The van der Waals surface area contributed by atoms with Gasteiger partial charge in [0.25, 0.3) is 11.5 Å². The number of hydrogen-bond acceptors (Lipinski definition) is 5. The molecule has 2 aromatic heterocycles. The average molecular weight is 372 g/mol. The molecule has 0 fully saturated rings. The zero-order chi connectivity index (χ0) is 19.1. The van der Waals surface area contributed by atoms with E-state index in [-0.39, 0.29) is 11.5 Å². The molecule has 0 aliphatic carbocycles. The number of carbonyl (C=O) groups excluding carboxylic acids is 1. The fraction of sp³-hybridized carbons (Fsp3) is 0.143. The van der Waals surface area contributed by atoms with Gasteiger partial charge in [-0.15, -0.1) is 0 Å². The molecule has 1 aliphatic rings. The van der Waals surface area contributed by atoms with Gasteiger partial charge in [0.15, 0.2) is 0 Å². The van der Waals surface area contributed by atoms with Gasteiger partial charge in [0.1, 0.15) is 17.0 Å². The molecule has 7 nitrogen and oxygen atoms in total. The van der Waals surface area contributed by atoms with Gasteiger partial charge in [-0.05, 0) is 10.8 Å². The number of fused-ring (bicyclic) bond motifs is 2. The first kappa shape index (κ1) is 16.4. The summed E-state index contributed by atoms with van der Waals surface area (Å²) in [4.78, 5) is 32.7. The SMILES string of the molecule is O=C(c1cnc[nH]c1=O)N1CCc2onc(-c3cccc4ccccc34)c2C1. The number of hydrogen-bond donors (Lipinski definition) is 1. The Kier molecular flexibility index (Phi) is 3.79. The van der Waals surface area contributed by atoms with E-state index in [1.54, 1.807) is 4.90 Å². The highest BCUT2D eigenvalue weighted by molar-refractivity contribution is 5.97. The van der Waals surface area contributed by atoms with E-state index in [2.05, 4.69) is 27.3 Å². The topological polar surface area (TPSA) is 92.1 Å². The molecule has 4 aromatic rings. The third-order valence-electron chi connectivity index (χ3n) is 5.11. The molecule has 1 aliphatic heterocycles. The Morgan fingerprint density at radius 2 is 2.00 bits per heavy atom. The summed E-state index contributed by atoms with van der Waals surface area (Å²) in [5.74, 6) is 0.442. The van der Waals surface area contributed by atoms with E-state index in [4.69, 9.17) is 4.52 Å². The molecule has 0 spiro atoms. The summed E-state index contributed by atoms with van der Waals surface area (Å²) >= 11 is 0. The van der Waals surface area contributed by atoms with Crippen molar-refractivity contribution in [2.24, 2.45) is 0 Å². The predicted molar refractivity (Wildman–Crippen MR) is 103 cm³/mol. The highest BCUT2D eigenvalue weighted by atomic mass is 16.5. The summed E-state index contributed by atoms with van der Waals surface area (Å²) in [7, 11) is 0. The molecule has 0 radical (unpaired) electrons. The van der Waals surface area contributed by atoms with E-state index in [9.17, 15) is 9.59 Å². The number of rotatable bonds is 2. The van der Waals surface area contributed by atoms with Crippen LogP contribution in [-0.2, 0) is 13.0 Å². The van der Waals surface area contributed by atoms with Gasteiger partial charge in [-0.1, -0.05) is 47.6 Å². The Hall–Kier alpha value is -3.74. The molecule has 0 saturated heterocycles. The van der Waals surface area contributed by atoms with Crippen LogP contribution in [0.15, 0.2) is 64.3 Å².